The molecule has 2 heteroatoms. The van der Waals surface area contributed by atoms with E-state index < -0.39 is 0 Å². The van der Waals surface area contributed by atoms with E-state index in [-0.39, 0.29) is 0 Å². The summed E-state index contributed by atoms with van der Waals surface area (Å²) < 4.78 is 0. The SMILES string of the molecule is CCC1CCC(CNC(C)c2ccsc2)CC1. The van der Waals surface area contributed by atoms with E-state index in [1.807, 2.05) is 0 Å². The Bertz CT molecular complexity index is 299. The zero-order valence-electron chi connectivity index (χ0n) is 11.1. The largest absolute Gasteiger partial charge is 0.310 e. The van der Waals surface area contributed by atoms with Gasteiger partial charge in [-0.15, -0.1) is 0 Å². The molecule has 1 aromatic heterocycles. The van der Waals surface area contributed by atoms with Gasteiger partial charge in [-0.2, -0.15) is 11.3 Å². The van der Waals surface area contributed by atoms with E-state index in [0.29, 0.717) is 6.04 Å². The quantitative estimate of drug-likeness (QED) is 0.805. The lowest BCUT2D eigenvalue weighted by Gasteiger charge is -2.28. The number of thiophene rings is 1. The van der Waals surface area contributed by atoms with Crippen LogP contribution in [0.3, 0.4) is 0 Å². The summed E-state index contributed by atoms with van der Waals surface area (Å²) in [6, 6.07) is 2.75. The summed E-state index contributed by atoms with van der Waals surface area (Å²) in [5.74, 6) is 1.93. The van der Waals surface area contributed by atoms with Crippen molar-refractivity contribution in [1.29, 1.82) is 0 Å². The Morgan fingerprint density at radius 1 is 1.29 bits per heavy atom. The second-order valence-corrected chi connectivity index (χ2v) is 6.26. The van der Waals surface area contributed by atoms with E-state index in [1.165, 1.54) is 44.2 Å². The molecule has 2 rings (SSSR count). The van der Waals surface area contributed by atoms with Crippen LogP contribution in [0.5, 0.6) is 0 Å². The number of hydrogen-bond donors (Lipinski definition) is 1. The van der Waals surface area contributed by atoms with Crippen molar-refractivity contribution in [2.45, 2.75) is 52.0 Å². The second kappa shape index (κ2) is 6.55. The van der Waals surface area contributed by atoms with Gasteiger partial charge < -0.3 is 5.32 Å². The highest BCUT2D eigenvalue weighted by Crippen LogP contribution is 2.30. The van der Waals surface area contributed by atoms with Crippen LogP contribution in [0.4, 0.5) is 0 Å². The summed E-state index contributed by atoms with van der Waals surface area (Å²) in [4.78, 5) is 0. The van der Waals surface area contributed by atoms with Crippen LogP contribution in [0.1, 0.15) is 57.6 Å². The molecule has 1 heterocycles. The molecule has 96 valence electrons. The Balaban J connectivity index is 1.69. The highest BCUT2D eigenvalue weighted by atomic mass is 32.1. The maximum absolute atomic E-state index is 3.69. The summed E-state index contributed by atoms with van der Waals surface area (Å²) in [5.41, 5.74) is 1.44. The number of nitrogens with one attached hydrogen (secondary N) is 1. The third-order valence-electron chi connectivity index (χ3n) is 4.30. The van der Waals surface area contributed by atoms with Crippen molar-refractivity contribution in [2.24, 2.45) is 11.8 Å². The summed E-state index contributed by atoms with van der Waals surface area (Å²) in [6.07, 6.45) is 7.15. The van der Waals surface area contributed by atoms with Crippen LogP contribution in [-0.4, -0.2) is 6.54 Å². The zero-order valence-corrected chi connectivity index (χ0v) is 11.9. The van der Waals surface area contributed by atoms with Crippen molar-refractivity contribution in [2.75, 3.05) is 6.54 Å². The standard InChI is InChI=1S/C15H25NS/c1-3-13-4-6-14(7-5-13)10-16-12(2)15-8-9-17-11-15/h8-9,11-14,16H,3-7,10H2,1-2H3. The predicted octanol–water partition coefficient (Wildman–Crippen LogP) is 4.62. The van der Waals surface area contributed by atoms with E-state index in [4.69, 9.17) is 0 Å². The van der Waals surface area contributed by atoms with E-state index >= 15 is 0 Å². The Morgan fingerprint density at radius 2 is 2.00 bits per heavy atom. The van der Waals surface area contributed by atoms with E-state index in [0.717, 1.165) is 11.8 Å². The average molecular weight is 251 g/mol. The molecule has 1 aromatic rings. The van der Waals surface area contributed by atoms with Crippen LogP contribution < -0.4 is 5.32 Å². The maximum Gasteiger partial charge on any atom is 0.0300 e. The van der Waals surface area contributed by atoms with Crippen molar-refractivity contribution in [1.82, 2.24) is 5.32 Å². The first kappa shape index (κ1) is 13.1. The fourth-order valence-electron chi connectivity index (χ4n) is 2.83. The van der Waals surface area contributed by atoms with Crippen LogP contribution in [-0.2, 0) is 0 Å². The van der Waals surface area contributed by atoms with Gasteiger partial charge in [-0.25, -0.2) is 0 Å². The molecule has 1 aliphatic carbocycles. The van der Waals surface area contributed by atoms with Crippen LogP contribution in [0, 0.1) is 11.8 Å². The minimum Gasteiger partial charge on any atom is -0.310 e. The molecular weight excluding hydrogens is 226 g/mol. The van der Waals surface area contributed by atoms with Gasteiger partial charge in [0.05, 0.1) is 0 Å². The van der Waals surface area contributed by atoms with Gasteiger partial charge in [0.1, 0.15) is 0 Å². The van der Waals surface area contributed by atoms with E-state index in [2.05, 4.69) is 36.0 Å². The van der Waals surface area contributed by atoms with Crippen molar-refractivity contribution in [3.8, 4) is 0 Å². The molecule has 0 saturated heterocycles. The molecule has 17 heavy (non-hydrogen) atoms. The van der Waals surface area contributed by atoms with Crippen LogP contribution in [0.15, 0.2) is 16.8 Å². The van der Waals surface area contributed by atoms with Crippen molar-refractivity contribution in [3.05, 3.63) is 22.4 Å². The molecule has 0 radical (unpaired) electrons. The van der Waals surface area contributed by atoms with Gasteiger partial charge in [-0.1, -0.05) is 26.2 Å². The van der Waals surface area contributed by atoms with Crippen molar-refractivity contribution < 1.29 is 0 Å². The van der Waals surface area contributed by atoms with Crippen LogP contribution in [0.25, 0.3) is 0 Å². The van der Waals surface area contributed by atoms with Crippen molar-refractivity contribution in [3.63, 3.8) is 0 Å². The summed E-state index contributed by atoms with van der Waals surface area (Å²) >= 11 is 1.79. The number of rotatable bonds is 5. The molecule has 0 spiro atoms. The molecule has 1 unspecified atom stereocenters. The molecule has 1 saturated carbocycles. The lowest BCUT2D eigenvalue weighted by atomic mass is 9.81. The van der Waals surface area contributed by atoms with Gasteiger partial charge in [0, 0.05) is 6.04 Å². The molecule has 1 atom stereocenters. The molecular formula is C15H25NS. The third-order valence-corrected chi connectivity index (χ3v) is 5.00. The molecule has 1 nitrogen and oxygen atoms in total. The van der Waals surface area contributed by atoms with Gasteiger partial charge in [0.15, 0.2) is 0 Å². The lowest BCUT2D eigenvalue weighted by Crippen LogP contribution is -2.28. The Labute approximate surface area is 110 Å². The smallest absolute Gasteiger partial charge is 0.0300 e. The predicted molar refractivity (Wildman–Crippen MR) is 76.5 cm³/mol. The second-order valence-electron chi connectivity index (χ2n) is 5.48. The molecule has 0 bridgehead atoms. The van der Waals surface area contributed by atoms with E-state index in [1.54, 1.807) is 11.3 Å². The normalized spacial score (nSPS) is 26.9. The Hall–Kier alpha value is -0.340. The van der Waals surface area contributed by atoms with Gasteiger partial charge in [0.2, 0.25) is 0 Å². The van der Waals surface area contributed by atoms with Gasteiger partial charge >= 0.3 is 0 Å². The van der Waals surface area contributed by atoms with Crippen molar-refractivity contribution >= 4 is 11.3 Å². The molecule has 1 aliphatic rings. The fourth-order valence-corrected chi connectivity index (χ4v) is 3.58. The maximum atomic E-state index is 3.69. The third kappa shape index (κ3) is 3.82. The zero-order chi connectivity index (χ0) is 12.1. The Kier molecular flexibility index (Phi) is 5.05. The molecule has 1 N–H and O–H groups in total. The topological polar surface area (TPSA) is 12.0 Å². The first-order valence-corrected chi connectivity index (χ1v) is 7.99. The minimum absolute atomic E-state index is 0.519. The highest BCUT2D eigenvalue weighted by Gasteiger charge is 2.20. The summed E-state index contributed by atoms with van der Waals surface area (Å²) in [5, 5.41) is 8.12. The number of hydrogen-bond acceptors (Lipinski definition) is 2. The average Bonchev–Trinajstić information content (AvgIpc) is 2.90. The minimum atomic E-state index is 0.519. The van der Waals surface area contributed by atoms with Crippen LogP contribution in [0.2, 0.25) is 0 Å². The first-order valence-electron chi connectivity index (χ1n) is 7.05. The fraction of sp³-hybridized carbons (Fsp3) is 0.733. The molecule has 0 amide bonds. The summed E-state index contributed by atoms with van der Waals surface area (Å²) in [6.45, 7) is 5.81. The lowest BCUT2D eigenvalue weighted by molar-refractivity contribution is 0.258. The highest BCUT2D eigenvalue weighted by molar-refractivity contribution is 7.07. The monoisotopic (exact) mass is 251 g/mol. The first-order chi connectivity index (χ1) is 8.29. The molecule has 0 aliphatic heterocycles. The molecule has 0 aromatic carbocycles. The van der Waals surface area contributed by atoms with Crippen LogP contribution >= 0.6 is 11.3 Å². The molecule has 1 fully saturated rings. The Morgan fingerprint density at radius 3 is 2.59 bits per heavy atom. The van der Waals surface area contributed by atoms with E-state index in [9.17, 15) is 0 Å². The van der Waals surface area contributed by atoms with Gasteiger partial charge in [0.25, 0.3) is 0 Å². The van der Waals surface area contributed by atoms with Gasteiger partial charge in [-0.3, -0.25) is 0 Å². The summed E-state index contributed by atoms with van der Waals surface area (Å²) in [7, 11) is 0. The van der Waals surface area contributed by atoms with Gasteiger partial charge in [-0.05, 0) is 60.5 Å².